The Balaban J connectivity index is 1.46. The van der Waals surface area contributed by atoms with Crippen LogP contribution >= 0.6 is 0 Å². The average Bonchev–Trinajstić information content (AvgIpc) is 2.84. The first-order valence-corrected chi connectivity index (χ1v) is 10.8. The fraction of sp³-hybridized carbons (Fsp3) is 0.375. The number of carbonyl (C=O) groups is 2. The summed E-state index contributed by atoms with van der Waals surface area (Å²) in [4.78, 5) is 26.6. The first-order chi connectivity index (χ1) is 15.5. The van der Waals surface area contributed by atoms with Gasteiger partial charge in [0.15, 0.2) is 5.78 Å². The van der Waals surface area contributed by atoms with Crippen LogP contribution in [-0.2, 0) is 20.7 Å². The number of hydrogen-bond donors (Lipinski definition) is 1. The summed E-state index contributed by atoms with van der Waals surface area (Å²) in [6, 6.07) is 13.1. The minimum atomic E-state index is -0.454. The van der Waals surface area contributed by atoms with E-state index in [0.717, 1.165) is 36.2 Å². The molecule has 0 aromatic heterocycles. The molecule has 1 fully saturated rings. The van der Waals surface area contributed by atoms with Crippen LogP contribution in [0.5, 0.6) is 0 Å². The molecule has 1 saturated heterocycles. The molecule has 0 radical (unpaired) electrons. The summed E-state index contributed by atoms with van der Waals surface area (Å²) in [6.07, 6.45) is 2.11. The predicted octanol–water partition coefficient (Wildman–Crippen LogP) is 1.57. The first-order valence-electron chi connectivity index (χ1n) is 10.8. The highest BCUT2D eigenvalue weighted by atomic mass is 16.5. The summed E-state index contributed by atoms with van der Waals surface area (Å²) in [6.45, 7) is 3.74. The van der Waals surface area contributed by atoms with Gasteiger partial charge >= 0.3 is 5.97 Å². The molecular formula is C24H28N4O4. The normalized spacial score (nSPS) is 19.1. The molecule has 168 valence electrons. The molecule has 8 nitrogen and oxygen atoms in total. The van der Waals surface area contributed by atoms with Crippen LogP contribution in [-0.4, -0.2) is 74.4 Å². The second-order valence-corrected chi connectivity index (χ2v) is 7.92. The Bertz CT molecular complexity index is 1000. The van der Waals surface area contributed by atoms with E-state index in [1.54, 1.807) is 6.21 Å². The molecule has 4 rings (SSSR count). The van der Waals surface area contributed by atoms with Gasteiger partial charge in [0.1, 0.15) is 0 Å². The SMILES string of the molecule is COC(=O)CN1CCc2ccc(C(=O)c3ccc(C=NN4CCOCC4)cc3)cc2C1N. The topological polar surface area (TPSA) is 97.5 Å². The number of morpholine rings is 1. The maximum Gasteiger partial charge on any atom is 0.319 e. The molecule has 2 aromatic carbocycles. The fourth-order valence-electron chi connectivity index (χ4n) is 3.95. The Morgan fingerprint density at radius 3 is 2.56 bits per heavy atom. The van der Waals surface area contributed by atoms with Gasteiger partial charge in [0.25, 0.3) is 0 Å². The number of nitrogens with zero attached hydrogens (tertiary/aromatic N) is 3. The number of methoxy groups -OCH3 is 1. The minimum Gasteiger partial charge on any atom is -0.468 e. The van der Waals surface area contributed by atoms with E-state index >= 15 is 0 Å². The number of ether oxygens (including phenoxy) is 2. The van der Waals surface area contributed by atoms with Crippen LogP contribution < -0.4 is 5.73 Å². The van der Waals surface area contributed by atoms with Crippen molar-refractivity contribution in [2.75, 3.05) is 46.5 Å². The van der Waals surface area contributed by atoms with E-state index in [9.17, 15) is 9.59 Å². The van der Waals surface area contributed by atoms with Crippen molar-refractivity contribution in [3.8, 4) is 0 Å². The second kappa shape index (κ2) is 10.0. The standard InChI is InChI=1S/C24H28N4O4/c1-31-22(29)16-27-9-8-18-6-7-20(14-21(18)24(27)25)23(30)19-4-2-17(3-5-19)15-26-28-10-12-32-13-11-28/h2-7,14-15,24H,8-13,16,25H2,1H3. The third kappa shape index (κ3) is 5.04. The van der Waals surface area contributed by atoms with E-state index in [2.05, 4.69) is 5.10 Å². The Hall–Kier alpha value is -3.07. The van der Waals surface area contributed by atoms with Gasteiger partial charge in [-0.2, -0.15) is 5.10 Å². The molecule has 1 atom stereocenters. The van der Waals surface area contributed by atoms with Gasteiger partial charge < -0.3 is 15.2 Å². The van der Waals surface area contributed by atoms with Gasteiger partial charge in [-0.25, -0.2) is 0 Å². The van der Waals surface area contributed by atoms with E-state index < -0.39 is 6.17 Å². The summed E-state index contributed by atoms with van der Waals surface area (Å²) >= 11 is 0. The van der Waals surface area contributed by atoms with Gasteiger partial charge in [0, 0.05) is 17.7 Å². The Kier molecular flexibility index (Phi) is 6.94. The molecule has 0 bridgehead atoms. The molecule has 32 heavy (non-hydrogen) atoms. The quantitative estimate of drug-likeness (QED) is 0.417. The molecule has 2 aromatic rings. The van der Waals surface area contributed by atoms with E-state index in [0.29, 0.717) is 30.9 Å². The van der Waals surface area contributed by atoms with E-state index in [1.165, 1.54) is 7.11 Å². The van der Waals surface area contributed by atoms with Crippen molar-refractivity contribution in [2.24, 2.45) is 10.8 Å². The lowest BCUT2D eigenvalue weighted by Crippen LogP contribution is -2.43. The number of hydrogen-bond acceptors (Lipinski definition) is 8. The number of ketones is 1. The van der Waals surface area contributed by atoms with Gasteiger partial charge in [-0.1, -0.05) is 36.4 Å². The highest BCUT2D eigenvalue weighted by molar-refractivity contribution is 6.09. The van der Waals surface area contributed by atoms with Crippen LogP contribution in [0.2, 0.25) is 0 Å². The molecule has 2 N–H and O–H groups in total. The van der Waals surface area contributed by atoms with E-state index in [-0.39, 0.29) is 18.3 Å². The van der Waals surface area contributed by atoms with Crippen molar-refractivity contribution in [1.82, 2.24) is 9.91 Å². The molecular weight excluding hydrogens is 408 g/mol. The average molecular weight is 437 g/mol. The first kappa shape index (κ1) is 22.1. The van der Waals surface area contributed by atoms with Gasteiger partial charge in [-0.05, 0) is 29.2 Å². The zero-order valence-electron chi connectivity index (χ0n) is 18.2. The van der Waals surface area contributed by atoms with Gasteiger partial charge in [0.05, 0.1) is 52.3 Å². The maximum atomic E-state index is 13.1. The number of nitrogens with two attached hydrogens (primary N) is 1. The molecule has 0 saturated carbocycles. The van der Waals surface area contributed by atoms with Crippen molar-refractivity contribution in [1.29, 1.82) is 0 Å². The fourth-order valence-corrected chi connectivity index (χ4v) is 3.95. The molecule has 2 aliphatic rings. The number of carbonyl (C=O) groups excluding carboxylic acids is 2. The number of rotatable bonds is 6. The van der Waals surface area contributed by atoms with Crippen molar-refractivity contribution < 1.29 is 19.1 Å². The Labute approximate surface area is 187 Å². The van der Waals surface area contributed by atoms with Crippen molar-refractivity contribution in [2.45, 2.75) is 12.6 Å². The molecule has 0 spiro atoms. The van der Waals surface area contributed by atoms with Crippen LogP contribution in [0.3, 0.4) is 0 Å². The number of hydrazone groups is 1. The monoisotopic (exact) mass is 436 g/mol. The Morgan fingerprint density at radius 2 is 1.84 bits per heavy atom. The zero-order chi connectivity index (χ0) is 22.5. The summed E-state index contributed by atoms with van der Waals surface area (Å²) in [5.74, 6) is -0.393. The van der Waals surface area contributed by atoms with Crippen molar-refractivity contribution in [3.63, 3.8) is 0 Å². The van der Waals surface area contributed by atoms with Gasteiger partial charge in [-0.15, -0.1) is 0 Å². The lowest BCUT2D eigenvalue weighted by atomic mass is 9.92. The number of benzene rings is 2. The summed E-state index contributed by atoms with van der Waals surface area (Å²) in [7, 11) is 1.36. The van der Waals surface area contributed by atoms with E-state index in [1.807, 2.05) is 52.4 Å². The van der Waals surface area contributed by atoms with Gasteiger partial charge in [0.2, 0.25) is 0 Å². The van der Waals surface area contributed by atoms with Crippen LogP contribution in [0.1, 0.15) is 38.8 Å². The van der Waals surface area contributed by atoms with Crippen LogP contribution in [0.4, 0.5) is 0 Å². The molecule has 1 unspecified atom stereocenters. The molecule has 8 heteroatoms. The largest absolute Gasteiger partial charge is 0.468 e. The highest BCUT2D eigenvalue weighted by Crippen LogP contribution is 2.27. The smallest absolute Gasteiger partial charge is 0.319 e. The third-order valence-electron chi connectivity index (χ3n) is 5.88. The lowest BCUT2D eigenvalue weighted by Gasteiger charge is -2.34. The van der Waals surface area contributed by atoms with E-state index in [4.69, 9.17) is 15.2 Å². The van der Waals surface area contributed by atoms with Crippen molar-refractivity contribution in [3.05, 3.63) is 70.3 Å². The number of fused-ring (bicyclic) bond motifs is 1. The van der Waals surface area contributed by atoms with Crippen LogP contribution in [0.25, 0.3) is 0 Å². The Morgan fingerprint density at radius 1 is 1.12 bits per heavy atom. The number of esters is 1. The maximum absolute atomic E-state index is 13.1. The summed E-state index contributed by atoms with van der Waals surface area (Å²) in [5.41, 5.74) is 10.5. The zero-order valence-corrected chi connectivity index (χ0v) is 18.2. The highest BCUT2D eigenvalue weighted by Gasteiger charge is 2.27. The summed E-state index contributed by atoms with van der Waals surface area (Å²) < 4.78 is 10.1. The third-order valence-corrected chi connectivity index (χ3v) is 5.88. The van der Waals surface area contributed by atoms with Gasteiger partial charge in [-0.3, -0.25) is 19.5 Å². The predicted molar refractivity (Wildman–Crippen MR) is 121 cm³/mol. The summed E-state index contributed by atoms with van der Waals surface area (Å²) in [5, 5.41) is 6.44. The lowest BCUT2D eigenvalue weighted by molar-refractivity contribution is -0.142. The molecule has 2 heterocycles. The minimum absolute atomic E-state index is 0.0678. The molecule has 0 amide bonds. The molecule has 0 aliphatic carbocycles. The van der Waals surface area contributed by atoms with Crippen LogP contribution in [0, 0.1) is 0 Å². The second-order valence-electron chi connectivity index (χ2n) is 7.92. The van der Waals surface area contributed by atoms with Crippen LogP contribution in [0.15, 0.2) is 47.6 Å². The molecule has 2 aliphatic heterocycles. The van der Waals surface area contributed by atoms with Crippen molar-refractivity contribution >= 4 is 18.0 Å².